The minimum Gasteiger partial charge on any atom is -0.466 e. The first kappa shape index (κ1) is 9.53. The number of fused-ring (bicyclic) bond motifs is 1. The molecule has 6 nitrogen and oxygen atoms in total. The first-order chi connectivity index (χ1) is 7.85. The van der Waals surface area contributed by atoms with Gasteiger partial charge in [0.2, 0.25) is 0 Å². The van der Waals surface area contributed by atoms with Crippen molar-refractivity contribution in [3.05, 3.63) is 18.0 Å². The van der Waals surface area contributed by atoms with Crippen molar-refractivity contribution < 1.29 is 4.74 Å². The number of rotatable bonds is 4. The second-order valence-corrected chi connectivity index (χ2v) is 3.96. The predicted molar refractivity (Wildman–Crippen MR) is 57.2 cm³/mol. The zero-order valence-electron chi connectivity index (χ0n) is 9.05. The van der Waals surface area contributed by atoms with Crippen LogP contribution in [0.25, 0.3) is 5.78 Å². The molecule has 0 radical (unpaired) electrons. The molecule has 2 aromatic heterocycles. The van der Waals surface area contributed by atoms with Crippen molar-refractivity contribution in [2.75, 3.05) is 7.11 Å². The molecule has 0 aliphatic heterocycles. The summed E-state index contributed by atoms with van der Waals surface area (Å²) in [7, 11) is 1.55. The number of hydrogen-bond acceptors (Lipinski definition) is 5. The Morgan fingerprint density at radius 1 is 1.56 bits per heavy atom. The molecule has 16 heavy (non-hydrogen) atoms. The number of nitrogens with one attached hydrogen (secondary N) is 1. The van der Waals surface area contributed by atoms with Crippen molar-refractivity contribution in [2.45, 2.75) is 25.4 Å². The number of methoxy groups -OCH3 is 1. The maximum Gasteiger partial charge on any atom is 0.337 e. The van der Waals surface area contributed by atoms with E-state index in [1.54, 1.807) is 11.6 Å². The Bertz CT molecular complexity index is 505. The van der Waals surface area contributed by atoms with Crippen molar-refractivity contribution in [2.24, 2.45) is 0 Å². The largest absolute Gasteiger partial charge is 0.466 e. The molecule has 1 aliphatic carbocycles. The van der Waals surface area contributed by atoms with Crippen LogP contribution < -0.4 is 10.1 Å². The van der Waals surface area contributed by atoms with Gasteiger partial charge in [-0.1, -0.05) is 0 Å². The minimum atomic E-state index is 0.347. The van der Waals surface area contributed by atoms with Crippen LogP contribution in [0.15, 0.2) is 12.4 Å². The van der Waals surface area contributed by atoms with Crippen LogP contribution in [0.4, 0.5) is 0 Å². The van der Waals surface area contributed by atoms with Crippen LogP contribution in [-0.2, 0) is 6.54 Å². The van der Waals surface area contributed by atoms with Crippen LogP contribution >= 0.6 is 0 Å². The average Bonchev–Trinajstić information content (AvgIpc) is 3.04. The number of aromatic nitrogens is 4. The van der Waals surface area contributed by atoms with Crippen LogP contribution in [0.3, 0.4) is 0 Å². The van der Waals surface area contributed by atoms with Crippen LogP contribution in [0.1, 0.15) is 18.4 Å². The Kier molecular flexibility index (Phi) is 2.21. The molecule has 2 aromatic rings. The number of nitrogens with zero attached hydrogens (tertiary/aromatic N) is 4. The number of hydrogen-bond donors (Lipinski definition) is 1. The summed E-state index contributed by atoms with van der Waals surface area (Å²) in [4.78, 5) is 8.30. The lowest BCUT2D eigenvalue weighted by Crippen LogP contribution is -2.15. The monoisotopic (exact) mass is 219 g/mol. The highest BCUT2D eigenvalue weighted by atomic mass is 16.5. The number of ether oxygens (including phenoxy) is 1. The normalized spacial score (nSPS) is 15.6. The molecule has 0 unspecified atom stereocenters. The van der Waals surface area contributed by atoms with Crippen molar-refractivity contribution in [3.8, 4) is 6.01 Å². The first-order valence-electron chi connectivity index (χ1n) is 5.34. The molecule has 3 rings (SSSR count). The summed E-state index contributed by atoms with van der Waals surface area (Å²) < 4.78 is 6.59. The van der Waals surface area contributed by atoms with Crippen molar-refractivity contribution in [1.82, 2.24) is 24.9 Å². The Balaban J connectivity index is 1.82. The Labute approximate surface area is 92.7 Å². The molecular formula is C10H13N5O. The second-order valence-electron chi connectivity index (χ2n) is 3.96. The van der Waals surface area contributed by atoms with Gasteiger partial charge in [0.1, 0.15) is 0 Å². The molecule has 0 bridgehead atoms. The molecule has 0 spiro atoms. The summed E-state index contributed by atoms with van der Waals surface area (Å²) in [6, 6.07) is 1.04. The Morgan fingerprint density at radius 3 is 3.19 bits per heavy atom. The van der Waals surface area contributed by atoms with E-state index in [4.69, 9.17) is 4.74 Å². The summed E-state index contributed by atoms with van der Waals surface area (Å²) in [6.07, 6.45) is 6.31. The molecule has 2 heterocycles. The van der Waals surface area contributed by atoms with E-state index < -0.39 is 0 Å². The van der Waals surface area contributed by atoms with Gasteiger partial charge in [-0.25, -0.2) is 9.50 Å². The lowest BCUT2D eigenvalue weighted by atomic mass is 10.3. The van der Waals surface area contributed by atoms with Crippen LogP contribution in [-0.4, -0.2) is 32.7 Å². The van der Waals surface area contributed by atoms with E-state index in [9.17, 15) is 0 Å². The molecule has 0 aromatic carbocycles. The molecule has 0 saturated heterocycles. The van der Waals surface area contributed by atoms with Gasteiger partial charge in [0.15, 0.2) is 0 Å². The molecule has 84 valence electrons. The zero-order valence-corrected chi connectivity index (χ0v) is 9.05. The Hall–Kier alpha value is -1.69. The van der Waals surface area contributed by atoms with Gasteiger partial charge in [0.25, 0.3) is 5.78 Å². The van der Waals surface area contributed by atoms with E-state index >= 15 is 0 Å². The lowest BCUT2D eigenvalue weighted by Gasteiger charge is -2.01. The highest BCUT2D eigenvalue weighted by molar-refractivity contribution is 5.29. The van der Waals surface area contributed by atoms with Crippen molar-refractivity contribution in [3.63, 3.8) is 0 Å². The second kappa shape index (κ2) is 3.71. The van der Waals surface area contributed by atoms with E-state index in [0.717, 1.165) is 12.1 Å². The van der Waals surface area contributed by atoms with E-state index in [1.807, 2.05) is 12.4 Å². The van der Waals surface area contributed by atoms with Gasteiger partial charge in [-0.05, 0) is 12.8 Å². The lowest BCUT2D eigenvalue weighted by molar-refractivity contribution is 0.380. The molecule has 0 atom stereocenters. The SMILES string of the molecule is COc1nc2ncc(CNC3CC3)cn2n1. The Morgan fingerprint density at radius 2 is 2.44 bits per heavy atom. The first-order valence-corrected chi connectivity index (χ1v) is 5.34. The molecular weight excluding hydrogens is 206 g/mol. The maximum atomic E-state index is 4.95. The molecule has 0 amide bonds. The third-order valence-electron chi connectivity index (χ3n) is 2.58. The van der Waals surface area contributed by atoms with Gasteiger partial charge >= 0.3 is 6.01 Å². The molecule has 1 saturated carbocycles. The quantitative estimate of drug-likeness (QED) is 0.805. The van der Waals surface area contributed by atoms with Crippen molar-refractivity contribution >= 4 is 5.78 Å². The third kappa shape index (κ3) is 1.83. The summed E-state index contributed by atoms with van der Waals surface area (Å²) in [5.41, 5.74) is 1.10. The molecule has 6 heteroatoms. The van der Waals surface area contributed by atoms with E-state index in [1.165, 1.54) is 12.8 Å². The third-order valence-corrected chi connectivity index (χ3v) is 2.58. The highest BCUT2D eigenvalue weighted by Crippen LogP contribution is 2.19. The molecule has 1 N–H and O–H groups in total. The summed E-state index contributed by atoms with van der Waals surface area (Å²) in [5, 5.41) is 7.55. The fraction of sp³-hybridized carbons (Fsp3) is 0.500. The van der Waals surface area contributed by atoms with Gasteiger partial charge in [0.05, 0.1) is 7.11 Å². The van der Waals surface area contributed by atoms with Gasteiger partial charge in [-0.15, -0.1) is 5.10 Å². The fourth-order valence-corrected chi connectivity index (χ4v) is 1.53. The summed E-state index contributed by atoms with van der Waals surface area (Å²) in [6.45, 7) is 0.829. The van der Waals surface area contributed by atoms with Gasteiger partial charge in [-0.3, -0.25) is 0 Å². The fourth-order valence-electron chi connectivity index (χ4n) is 1.53. The average molecular weight is 219 g/mol. The van der Waals surface area contributed by atoms with Crippen LogP contribution in [0.2, 0.25) is 0 Å². The standard InChI is InChI=1S/C10H13N5O/c1-16-10-13-9-12-5-7(6-15(9)14-10)4-11-8-2-3-8/h5-6,8,11H,2-4H2,1H3. The van der Waals surface area contributed by atoms with Crippen LogP contribution in [0, 0.1) is 0 Å². The smallest absolute Gasteiger partial charge is 0.337 e. The topological polar surface area (TPSA) is 64.3 Å². The van der Waals surface area contributed by atoms with Crippen molar-refractivity contribution in [1.29, 1.82) is 0 Å². The maximum absolute atomic E-state index is 4.95. The predicted octanol–water partition coefficient (Wildman–Crippen LogP) is 0.385. The van der Waals surface area contributed by atoms with Gasteiger partial charge in [-0.2, -0.15) is 4.98 Å². The van der Waals surface area contributed by atoms with Gasteiger partial charge < -0.3 is 10.1 Å². The van der Waals surface area contributed by atoms with E-state index in [2.05, 4.69) is 20.4 Å². The zero-order chi connectivity index (χ0) is 11.0. The minimum absolute atomic E-state index is 0.347. The van der Waals surface area contributed by atoms with Gasteiger partial charge in [0, 0.05) is 30.5 Å². The summed E-state index contributed by atoms with van der Waals surface area (Å²) in [5.74, 6) is 0.562. The van der Waals surface area contributed by atoms with E-state index in [0.29, 0.717) is 17.8 Å². The molecule has 1 aliphatic rings. The molecule has 1 fully saturated rings. The highest BCUT2D eigenvalue weighted by Gasteiger charge is 2.20. The summed E-state index contributed by atoms with van der Waals surface area (Å²) >= 11 is 0. The van der Waals surface area contributed by atoms with Crippen LogP contribution in [0.5, 0.6) is 6.01 Å². The van der Waals surface area contributed by atoms with E-state index in [-0.39, 0.29) is 0 Å².